The number of rotatable bonds is 6. The molecular weight excluding hydrogens is 455 g/mol. The second-order valence-electron chi connectivity index (χ2n) is 6.54. The molecule has 0 aliphatic heterocycles. The first-order chi connectivity index (χ1) is 12.4. The number of para-hydroxylation sites is 1. The molecule has 1 aromatic heterocycles. The molecule has 0 aliphatic carbocycles. The number of halogens is 1. The summed E-state index contributed by atoms with van der Waals surface area (Å²) in [6, 6.07) is 9.39. The minimum Gasteiger partial charge on any atom is -0.347 e. The van der Waals surface area contributed by atoms with Gasteiger partial charge >= 0.3 is 0 Å². The number of guanidine groups is 1. The molecule has 0 aliphatic rings. The largest absolute Gasteiger partial charge is 0.347 e. The van der Waals surface area contributed by atoms with Gasteiger partial charge in [0.1, 0.15) is 0 Å². The van der Waals surface area contributed by atoms with Crippen molar-refractivity contribution >= 4 is 41.5 Å². The SMILES string of the molecule is CN=C(NCC(=O)Nc1ccccc1)N(C)Cc1cn(C)nc1C(C)C.I. The van der Waals surface area contributed by atoms with Gasteiger partial charge in [-0.05, 0) is 18.1 Å². The van der Waals surface area contributed by atoms with Gasteiger partial charge in [-0.2, -0.15) is 5.10 Å². The fourth-order valence-corrected chi connectivity index (χ4v) is 2.76. The number of amides is 1. The van der Waals surface area contributed by atoms with Crippen LogP contribution < -0.4 is 10.6 Å². The van der Waals surface area contributed by atoms with Crippen molar-refractivity contribution in [1.82, 2.24) is 20.0 Å². The van der Waals surface area contributed by atoms with Crippen LogP contribution in [0.3, 0.4) is 0 Å². The van der Waals surface area contributed by atoms with Crippen LogP contribution in [0, 0.1) is 0 Å². The second-order valence-corrected chi connectivity index (χ2v) is 6.54. The molecule has 0 spiro atoms. The van der Waals surface area contributed by atoms with Crippen LogP contribution in [0.2, 0.25) is 0 Å². The molecular formula is C19H29IN6O. The van der Waals surface area contributed by atoms with Gasteiger partial charge in [-0.3, -0.25) is 14.5 Å². The van der Waals surface area contributed by atoms with Gasteiger partial charge in [-0.15, -0.1) is 24.0 Å². The van der Waals surface area contributed by atoms with E-state index < -0.39 is 0 Å². The van der Waals surface area contributed by atoms with Crippen LogP contribution in [0.15, 0.2) is 41.5 Å². The molecule has 2 rings (SSSR count). The number of hydrogen-bond acceptors (Lipinski definition) is 3. The molecule has 1 heterocycles. The molecule has 2 N–H and O–H groups in total. The molecule has 7 nitrogen and oxygen atoms in total. The Bertz CT molecular complexity index is 757. The maximum atomic E-state index is 12.1. The zero-order valence-electron chi connectivity index (χ0n) is 16.6. The topological polar surface area (TPSA) is 74.6 Å². The summed E-state index contributed by atoms with van der Waals surface area (Å²) in [4.78, 5) is 18.4. The smallest absolute Gasteiger partial charge is 0.243 e. The zero-order valence-corrected chi connectivity index (χ0v) is 18.9. The molecule has 1 amide bonds. The number of carbonyl (C=O) groups is 1. The Morgan fingerprint density at radius 3 is 2.56 bits per heavy atom. The predicted molar refractivity (Wildman–Crippen MR) is 121 cm³/mol. The van der Waals surface area contributed by atoms with E-state index in [4.69, 9.17) is 0 Å². The Kier molecular flexibility index (Phi) is 9.27. The van der Waals surface area contributed by atoms with Crippen molar-refractivity contribution < 1.29 is 4.79 Å². The number of anilines is 1. The lowest BCUT2D eigenvalue weighted by atomic mass is 10.1. The molecule has 0 bridgehead atoms. The highest BCUT2D eigenvalue weighted by Gasteiger charge is 2.15. The Labute approximate surface area is 178 Å². The fraction of sp³-hybridized carbons (Fsp3) is 0.421. The highest BCUT2D eigenvalue weighted by Crippen LogP contribution is 2.18. The number of carbonyl (C=O) groups excluding carboxylic acids is 1. The molecule has 0 saturated heterocycles. The zero-order chi connectivity index (χ0) is 19.1. The third-order valence-electron chi connectivity index (χ3n) is 3.93. The summed E-state index contributed by atoms with van der Waals surface area (Å²) in [6.07, 6.45) is 2.03. The second kappa shape index (κ2) is 10.9. The lowest BCUT2D eigenvalue weighted by Crippen LogP contribution is -2.42. The van der Waals surface area contributed by atoms with Gasteiger partial charge in [0.05, 0.1) is 12.2 Å². The summed E-state index contributed by atoms with van der Waals surface area (Å²) in [6.45, 7) is 5.08. The molecule has 0 saturated carbocycles. The van der Waals surface area contributed by atoms with Crippen molar-refractivity contribution in [3.05, 3.63) is 47.8 Å². The average molecular weight is 484 g/mol. The van der Waals surface area contributed by atoms with Crippen LogP contribution in [-0.2, 0) is 18.4 Å². The molecule has 0 radical (unpaired) electrons. The predicted octanol–water partition coefficient (Wildman–Crippen LogP) is 2.81. The normalized spacial score (nSPS) is 11.1. The van der Waals surface area contributed by atoms with E-state index in [1.165, 1.54) is 0 Å². The van der Waals surface area contributed by atoms with Crippen LogP contribution in [0.5, 0.6) is 0 Å². The number of aliphatic imine (C=N–C) groups is 1. The van der Waals surface area contributed by atoms with E-state index in [1.807, 2.05) is 60.2 Å². The molecule has 27 heavy (non-hydrogen) atoms. The van der Waals surface area contributed by atoms with Gasteiger partial charge in [0.2, 0.25) is 5.91 Å². The Morgan fingerprint density at radius 2 is 1.96 bits per heavy atom. The third kappa shape index (κ3) is 6.85. The number of nitrogens with zero attached hydrogens (tertiary/aromatic N) is 4. The van der Waals surface area contributed by atoms with E-state index >= 15 is 0 Å². The number of hydrogen-bond donors (Lipinski definition) is 2. The van der Waals surface area contributed by atoms with Gasteiger partial charge < -0.3 is 15.5 Å². The third-order valence-corrected chi connectivity index (χ3v) is 3.93. The van der Waals surface area contributed by atoms with Crippen molar-refractivity contribution in [2.45, 2.75) is 26.3 Å². The molecule has 2 aromatic rings. The number of aromatic nitrogens is 2. The van der Waals surface area contributed by atoms with E-state index in [-0.39, 0.29) is 36.4 Å². The van der Waals surface area contributed by atoms with Crippen molar-refractivity contribution in [1.29, 1.82) is 0 Å². The van der Waals surface area contributed by atoms with Gasteiger partial charge in [0.25, 0.3) is 0 Å². The molecule has 8 heteroatoms. The van der Waals surface area contributed by atoms with E-state index in [2.05, 4.69) is 34.6 Å². The average Bonchev–Trinajstić information content (AvgIpc) is 2.97. The quantitative estimate of drug-likeness (QED) is 0.376. The highest BCUT2D eigenvalue weighted by atomic mass is 127. The van der Waals surface area contributed by atoms with Crippen molar-refractivity contribution in [3.63, 3.8) is 0 Å². The molecule has 1 aromatic carbocycles. The summed E-state index contributed by atoms with van der Waals surface area (Å²) in [5.41, 5.74) is 3.01. The van der Waals surface area contributed by atoms with Gasteiger partial charge in [-0.25, -0.2) is 0 Å². The highest BCUT2D eigenvalue weighted by molar-refractivity contribution is 14.0. The van der Waals surface area contributed by atoms with E-state index in [1.54, 1.807) is 7.05 Å². The maximum Gasteiger partial charge on any atom is 0.243 e. The van der Waals surface area contributed by atoms with Crippen LogP contribution in [-0.4, -0.2) is 47.2 Å². The maximum absolute atomic E-state index is 12.1. The van der Waals surface area contributed by atoms with Gasteiger partial charge in [0.15, 0.2) is 5.96 Å². The minimum atomic E-state index is -0.116. The molecule has 0 unspecified atom stereocenters. The number of aryl methyl sites for hydroxylation is 1. The van der Waals surface area contributed by atoms with Crippen molar-refractivity contribution in [3.8, 4) is 0 Å². The molecule has 0 atom stereocenters. The minimum absolute atomic E-state index is 0. The summed E-state index contributed by atoms with van der Waals surface area (Å²) in [5.74, 6) is 0.896. The van der Waals surface area contributed by atoms with Crippen LogP contribution >= 0.6 is 24.0 Å². The molecule has 0 fully saturated rings. The van der Waals surface area contributed by atoms with E-state index in [9.17, 15) is 4.79 Å². The van der Waals surface area contributed by atoms with E-state index in [0.717, 1.165) is 16.9 Å². The standard InChI is InChI=1S/C19H28N6O.HI/c1-14(2)18-15(13-25(5)23-18)12-24(4)19(20-3)21-11-17(26)22-16-9-7-6-8-10-16;/h6-10,13-14H,11-12H2,1-5H3,(H,20,21)(H,22,26);1H. The summed E-state index contributed by atoms with van der Waals surface area (Å²) >= 11 is 0. The summed E-state index contributed by atoms with van der Waals surface area (Å²) < 4.78 is 1.84. The van der Waals surface area contributed by atoms with Crippen LogP contribution in [0.1, 0.15) is 31.0 Å². The first-order valence-electron chi connectivity index (χ1n) is 8.69. The van der Waals surface area contributed by atoms with Gasteiger partial charge in [0, 0.05) is 45.1 Å². The van der Waals surface area contributed by atoms with E-state index in [0.29, 0.717) is 18.4 Å². The van der Waals surface area contributed by atoms with Crippen LogP contribution in [0.4, 0.5) is 5.69 Å². The first-order valence-corrected chi connectivity index (χ1v) is 8.69. The summed E-state index contributed by atoms with van der Waals surface area (Å²) in [7, 11) is 5.58. The Hall–Kier alpha value is -2.10. The lowest BCUT2D eigenvalue weighted by Gasteiger charge is -2.22. The summed E-state index contributed by atoms with van der Waals surface area (Å²) in [5, 5.41) is 10.5. The fourth-order valence-electron chi connectivity index (χ4n) is 2.76. The Morgan fingerprint density at radius 1 is 1.30 bits per heavy atom. The number of nitrogens with one attached hydrogen (secondary N) is 2. The van der Waals surface area contributed by atoms with Gasteiger partial charge in [-0.1, -0.05) is 32.0 Å². The Balaban J connectivity index is 0.00000364. The first kappa shape index (κ1) is 22.9. The van der Waals surface area contributed by atoms with Crippen molar-refractivity contribution in [2.75, 3.05) is 26.0 Å². The lowest BCUT2D eigenvalue weighted by molar-refractivity contribution is -0.115. The number of benzene rings is 1. The monoisotopic (exact) mass is 484 g/mol. The molecule has 148 valence electrons. The van der Waals surface area contributed by atoms with Crippen LogP contribution in [0.25, 0.3) is 0 Å². The van der Waals surface area contributed by atoms with Crippen molar-refractivity contribution in [2.24, 2.45) is 12.0 Å².